The van der Waals surface area contributed by atoms with Crippen molar-refractivity contribution < 1.29 is 24.4 Å². The molecule has 0 bridgehead atoms. The fourth-order valence-corrected chi connectivity index (χ4v) is 9.81. The van der Waals surface area contributed by atoms with E-state index in [2.05, 4.69) is 25.2 Å². The van der Waals surface area contributed by atoms with Crippen LogP contribution in [0.1, 0.15) is 108 Å². The van der Waals surface area contributed by atoms with Crippen LogP contribution in [0.25, 0.3) is 49.2 Å². The average molecular weight is 705 g/mol. The van der Waals surface area contributed by atoms with E-state index < -0.39 is 11.3 Å². The number of allylic oxidation sites excluding steroid dienone is 1. The minimum atomic E-state index is -0.438. The second-order valence-corrected chi connectivity index (χ2v) is 15.2. The van der Waals surface area contributed by atoms with E-state index >= 15 is 0 Å². The Morgan fingerprint density at radius 2 is 1.23 bits per heavy atom. The molecule has 9 nitrogen and oxygen atoms in total. The van der Waals surface area contributed by atoms with Gasteiger partial charge in [-0.15, -0.1) is 0 Å². The van der Waals surface area contributed by atoms with E-state index in [1.54, 1.807) is 0 Å². The van der Waals surface area contributed by atoms with Crippen LogP contribution >= 0.6 is 0 Å². The van der Waals surface area contributed by atoms with Gasteiger partial charge in [0.2, 0.25) is 0 Å². The minimum Gasteiger partial charge on any atom is -0.505 e. The summed E-state index contributed by atoms with van der Waals surface area (Å²) in [5.41, 5.74) is 2.93. The van der Waals surface area contributed by atoms with Gasteiger partial charge in [-0.2, -0.15) is 0 Å². The summed E-state index contributed by atoms with van der Waals surface area (Å²) in [5, 5.41) is 31.9. The fraction of sp³-hybridized carbons (Fsp3) is 0.465. The van der Waals surface area contributed by atoms with Crippen LogP contribution < -0.4 is 30.4 Å². The summed E-state index contributed by atoms with van der Waals surface area (Å²) in [6.07, 6.45) is 15.2. The number of aromatic hydroxyl groups is 2. The lowest BCUT2D eigenvalue weighted by Gasteiger charge is -2.27. The molecule has 9 heteroatoms. The van der Waals surface area contributed by atoms with E-state index in [1.165, 1.54) is 59.1 Å². The molecule has 0 aliphatic heterocycles. The molecule has 3 aliphatic rings. The molecule has 8 rings (SSSR count). The topological polar surface area (TPSA) is 127 Å². The molecule has 2 saturated carbocycles. The van der Waals surface area contributed by atoms with E-state index in [-0.39, 0.29) is 57.0 Å². The highest BCUT2D eigenvalue weighted by Crippen LogP contribution is 2.58. The van der Waals surface area contributed by atoms with Crippen molar-refractivity contribution in [1.82, 2.24) is 0 Å². The van der Waals surface area contributed by atoms with Crippen molar-refractivity contribution in [2.45, 2.75) is 109 Å². The number of ether oxygens (including phenoxy) is 3. The Hall–Kier alpha value is -4.79. The maximum atomic E-state index is 14.2. The molecule has 0 aromatic heterocycles. The number of nitrogens with one attached hydrogen (secondary N) is 1. The number of hydrogen-bond acceptors (Lipinski definition) is 9. The summed E-state index contributed by atoms with van der Waals surface area (Å²) >= 11 is 0. The highest BCUT2D eigenvalue weighted by atomic mass is 16.5. The molecule has 1 unspecified atom stereocenters. The molecule has 3 aliphatic carbocycles. The van der Waals surface area contributed by atoms with Gasteiger partial charge in [-0.05, 0) is 44.9 Å². The lowest BCUT2D eigenvalue weighted by atomic mass is 9.80. The van der Waals surface area contributed by atoms with Gasteiger partial charge in [-0.1, -0.05) is 63.0 Å². The van der Waals surface area contributed by atoms with Crippen LogP contribution in [0.5, 0.6) is 28.7 Å². The number of hydrogen-bond donors (Lipinski definition) is 3. The van der Waals surface area contributed by atoms with Crippen molar-refractivity contribution in [2.24, 2.45) is 4.99 Å². The Kier molecular flexibility index (Phi) is 8.79. The monoisotopic (exact) mass is 704 g/mol. The smallest absolute Gasteiger partial charge is 0.194 e. The Morgan fingerprint density at radius 3 is 1.79 bits per heavy atom. The third kappa shape index (κ3) is 5.13. The van der Waals surface area contributed by atoms with Gasteiger partial charge in [0.25, 0.3) is 0 Å². The zero-order valence-electron chi connectivity index (χ0n) is 30.8. The highest BCUT2D eigenvalue weighted by Gasteiger charge is 2.37. The molecule has 0 radical (unpaired) electrons. The van der Waals surface area contributed by atoms with Crippen molar-refractivity contribution in [1.29, 1.82) is 0 Å². The Morgan fingerprint density at radius 1 is 0.692 bits per heavy atom. The average Bonchev–Trinajstić information content (AvgIpc) is 3.60. The molecule has 5 aromatic carbocycles. The van der Waals surface area contributed by atoms with Crippen LogP contribution in [-0.2, 0) is 0 Å². The van der Waals surface area contributed by atoms with Gasteiger partial charge < -0.3 is 29.7 Å². The number of nitrogens with zero attached hydrogens (tertiary/aromatic N) is 1. The summed E-state index contributed by atoms with van der Waals surface area (Å²) in [5.74, 6) is -0.0223. The molecule has 1 atom stereocenters. The number of fused-ring (bicyclic) bond motifs is 1. The third-order valence-electron chi connectivity index (χ3n) is 12.1. The van der Waals surface area contributed by atoms with Gasteiger partial charge >= 0.3 is 0 Å². The maximum Gasteiger partial charge on any atom is 0.194 e. The minimum absolute atomic E-state index is 0.103. The predicted octanol–water partition coefficient (Wildman–Crippen LogP) is 9.15. The SMILES string of the molecule is COc1c(O)c2c(=O)cc(OC)c3c4c(OC)cc(=O)c5c(O)c(NC6CCCCCC6)c6c(c(c1C(/C(C)=N/C1CCCCCC1)C(C)=C6)c23)c54. The van der Waals surface area contributed by atoms with Gasteiger partial charge in [0.05, 0.1) is 37.8 Å². The molecule has 5 aromatic rings. The van der Waals surface area contributed by atoms with Gasteiger partial charge in [0.1, 0.15) is 11.5 Å². The first-order valence-electron chi connectivity index (χ1n) is 18.9. The van der Waals surface area contributed by atoms with Crippen LogP contribution in [0.2, 0.25) is 0 Å². The van der Waals surface area contributed by atoms with Crippen LogP contribution in [0.15, 0.2) is 32.3 Å². The highest BCUT2D eigenvalue weighted by molar-refractivity contribution is 6.40. The van der Waals surface area contributed by atoms with E-state index in [9.17, 15) is 19.8 Å². The number of anilines is 1. The zero-order chi connectivity index (χ0) is 36.4. The number of phenolic OH excluding ortho intramolecular Hbond substituents is 2. The van der Waals surface area contributed by atoms with E-state index in [0.29, 0.717) is 43.6 Å². The number of benzene rings is 5. The number of methoxy groups -OCH3 is 3. The molecule has 0 spiro atoms. The standard InChI is InChI=1S/C43H48N2O7/c1-21-18-25-31-36-32(41(48)40(25)45-24-16-12-8-9-13-17-24)26(46)19-28(50-3)34(36)35-29(51-4)20-27(47)33-38(35)37(31)39(43(52-5)42(33)49)30(21)22(2)44-23-14-10-6-7-11-15-23/h18-20,23-24,30,45,48-49H,6-17H2,1-5H3/b44-22+. The van der Waals surface area contributed by atoms with Gasteiger partial charge in [-0.25, -0.2) is 0 Å². The zero-order valence-corrected chi connectivity index (χ0v) is 30.8. The van der Waals surface area contributed by atoms with Crippen LogP contribution in [-0.4, -0.2) is 49.3 Å². The molecule has 0 heterocycles. The summed E-state index contributed by atoms with van der Waals surface area (Å²) in [7, 11) is 4.52. The summed E-state index contributed by atoms with van der Waals surface area (Å²) in [4.78, 5) is 33.7. The van der Waals surface area contributed by atoms with Crippen molar-refractivity contribution in [3.05, 3.63) is 49.3 Å². The van der Waals surface area contributed by atoms with Gasteiger partial charge in [0.15, 0.2) is 28.1 Å². The first-order valence-corrected chi connectivity index (χ1v) is 18.9. The third-order valence-corrected chi connectivity index (χ3v) is 12.1. The molecule has 0 saturated heterocycles. The quantitative estimate of drug-likeness (QED) is 0.0504. The molecule has 3 N–H and O–H groups in total. The summed E-state index contributed by atoms with van der Waals surface area (Å²) < 4.78 is 17.9. The fourth-order valence-electron chi connectivity index (χ4n) is 9.81. The Bertz CT molecular complexity index is 2400. The van der Waals surface area contributed by atoms with E-state index in [4.69, 9.17) is 19.2 Å². The second kappa shape index (κ2) is 13.3. The molecular weight excluding hydrogens is 656 g/mol. The van der Waals surface area contributed by atoms with Gasteiger partial charge in [-0.3, -0.25) is 14.6 Å². The molecule has 52 heavy (non-hydrogen) atoms. The molecule has 272 valence electrons. The van der Waals surface area contributed by atoms with Crippen molar-refractivity contribution in [2.75, 3.05) is 26.6 Å². The molecule has 2 fully saturated rings. The summed E-state index contributed by atoms with van der Waals surface area (Å²) in [6, 6.07) is 3.04. The van der Waals surface area contributed by atoms with E-state index in [0.717, 1.165) is 68.2 Å². The van der Waals surface area contributed by atoms with E-state index in [1.807, 2.05) is 0 Å². The lowest BCUT2D eigenvalue weighted by molar-refractivity contribution is 0.373. The van der Waals surface area contributed by atoms with Crippen LogP contribution in [0, 0.1) is 0 Å². The normalized spacial score (nSPS) is 19.3. The molecule has 0 amide bonds. The molecular formula is C43H48N2O7. The van der Waals surface area contributed by atoms with Crippen molar-refractivity contribution in [3.63, 3.8) is 0 Å². The largest absolute Gasteiger partial charge is 0.505 e. The lowest BCUT2D eigenvalue weighted by Crippen LogP contribution is -2.19. The predicted molar refractivity (Wildman–Crippen MR) is 210 cm³/mol. The maximum absolute atomic E-state index is 14.2. The van der Waals surface area contributed by atoms with Crippen LogP contribution in [0.4, 0.5) is 5.69 Å². The second-order valence-electron chi connectivity index (χ2n) is 15.2. The van der Waals surface area contributed by atoms with Crippen molar-refractivity contribution >= 4 is 60.6 Å². The van der Waals surface area contributed by atoms with Crippen LogP contribution in [0.3, 0.4) is 0 Å². The van der Waals surface area contributed by atoms with Crippen molar-refractivity contribution in [3.8, 4) is 28.7 Å². The number of rotatable bonds is 7. The number of phenols is 2. The van der Waals surface area contributed by atoms with Gasteiger partial charge in [0, 0.05) is 73.9 Å². The number of aliphatic imine (C=N–C) groups is 1. The Balaban J connectivity index is 1.63. The first-order chi connectivity index (χ1) is 25.2. The first kappa shape index (κ1) is 34.3. The Labute approximate surface area is 303 Å². The summed E-state index contributed by atoms with van der Waals surface area (Å²) in [6.45, 7) is 4.11.